The summed E-state index contributed by atoms with van der Waals surface area (Å²) in [5, 5.41) is 2.80. The third kappa shape index (κ3) is 3.45. The van der Waals surface area contributed by atoms with Gasteiger partial charge >= 0.3 is 0 Å². The number of hydrogen-bond acceptors (Lipinski definition) is 4. The van der Waals surface area contributed by atoms with Gasteiger partial charge in [0.05, 0.1) is 11.1 Å². The van der Waals surface area contributed by atoms with Crippen molar-refractivity contribution in [3.05, 3.63) is 35.4 Å². The van der Waals surface area contributed by atoms with E-state index < -0.39 is 0 Å². The molecule has 0 spiro atoms. The maximum atomic E-state index is 11.2. The highest BCUT2D eigenvalue weighted by Gasteiger charge is 2.05. The Morgan fingerprint density at radius 1 is 1.44 bits per heavy atom. The topological polar surface area (TPSA) is 51.5 Å². The fourth-order valence-corrected chi connectivity index (χ4v) is 2.55. The largest absolute Gasteiger partial charge is 0.464 e. The Kier molecular flexibility index (Phi) is 4.55. The molecule has 0 unspecified atom stereocenters. The molecule has 0 aliphatic heterocycles. The van der Waals surface area contributed by atoms with Crippen LogP contribution in [0.25, 0.3) is 10.6 Å². The zero-order valence-corrected chi connectivity index (χ0v) is 11.0. The van der Waals surface area contributed by atoms with Gasteiger partial charge in [-0.15, -0.1) is 11.3 Å². The van der Waals surface area contributed by atoms with Gasteiger partial charge in [-0.2, -0.15) is 0 Å². The molecule has 0 fully saturated rings. The predicted molar refractivity (Wildman–Crippen MR) is 70.6 cm³/mol. The molecule has 0 aromatic carbocycles. The van der Waals surface area contributed by atoms with Crippen LogP contribution in [-0.4, -0.2) is 26.2 Å². The van der Waals surface area contributed by atoms with Crippen molar-refractivity contribution >= 4 is 17.2 Å². The van der Waals surface area contributed by atoms with Gasteiger partial charge in [-0.1, -0.05) is 0 Å². The molecule has 5 heteroatoms. The SMILES string of the molecule is COCC(=O)NCCc1ccc(-c2ccco2)s1. The Hall–Kier alpha value is -1.59. The van der Waals surface area contributed by atoms with Crippen molar-refractivity contribution in [1.29, 1.82) is 0 Å². The summed E-state index contributed by atoms with van der Waals surface area (Å²) in [5.41, 5.74) is 0. The van der Waals surface area contributed by atoms with Gasteiger partial charge in [0, 0.05) is 18.5 Å². The summed E-state index contributed by atoms with van der Waals surface area (Å²) in [4.78, 5) is 13.5. The first kappa shape index (κ1) is 12.9. The molecular weight excluding hydrogens is 250 g/mol. The quantitative estimate of drug-likeness (QED) is 0.872. The molecule has 0 atom stereocenters. The summed E-state index contributed by atoms with van der Waals surface area (Å²) in [7, 11) is 1.51. The Balaban J connectivity index is 1.82. The smallest absolute Gasteiger partial charge is 0.245 e. The number of amides is 1. The molecule has 2 rings (SSSR count). The standard InChI is InChI=1S/C13H15NO3S/c1-16-9-13(15)14-7-6-10-4-5-12(18-10)11-3-2-8-17-11/h2-5,8H,6-7,9H2,1H3,(H,14,15). The molecule has 18 heavy (non-hydrogen) atoms. The van der Waals surface area contributed by atoms with Gasteiger partial charge in [0.25, 0.3) is 0 Å². The lowest BCUT2D eigenvalue weighted by Gasteiger charge is -2.02. The van der Waals surface area contributed by atoms with Crippen molar-refractivity contribution in [2.45, 2.75) is 6.42 Å². The fourth-order valence-electron chi connectivity index (χ4n) is 1.57. The molecule has 1 amide bonds. The van der Waals surface area contributed by atoms with Gasteiger partial charge in [-0.3, -0.25) is 4.79 Å². The summed E-state index contributed by atoms with van der Waals surface area (Å²) in [6.45, 7) is 0.738. The van der Waals surface area contributed by atoms with Gasteiger partial charge in [-0.25, -0.2) is 0 Å². The molecule has 0 saturated heterocycles. The summed E-state index contributed by atoms with van der Waals surface area (Å²) >= 11 is 1.68. The lowest BCUT2D eigenvalue weighted by Crippen LogP contribution is -2.28. The van der Waals surface area contributed by atoms with E-state index in [0.717, 1.165) is 17.1 Å². The first-order valence-corrected chi connectivity index (χ1v) is 6.49. The average molecular weight is 265 g/mol. The van der Waals surface area contributed by atoms with E-state index in [4.69, 9.17) is 9.15 Å². The predicted octanol–water partition coefficient (Wildman–Crippen LogP) is 2.31. The van der Waals surface area contributed by atoms with Gasteiger partial charge in [0.1, 0.15) is 12.4 Å². The normalized spacial score (nSPS) is 10.5. The molecular formula is C13H15NO3S. The Bertz CT molecular complexity index is 490. The number of thiophene rings is 1. The third-order valence-corrected chi connectivity index (χ3v) is 3.55. The lowest BCUT2D eigenvalue weighted by molar-refractivity contribution is -0.124. The Labute approximate surface area is 110 Å². The molecule has 0 bridgehead atoms. The summed E-state index contributed by atoms with van der Waals surface area (Å²) in [6.07, 6.45) is 2.49. The van der Waals surface area contributed by atoms with Crippen LogP contribution in [0.2, 0.25) is 0 Å². The van der Waals surface area contributed by atoms with Crippen LogP contribution in [0.4, 0.5) is 0 Å². The van der Waals surface area contributed by atoms with Crippen molar-refractivity contribution in [2.24, 2.45) is 0 Å². The van der Waals surface area contributed by atoms with E-state index in [-0.39, 0.29) is 12.5 Å². The van der Waals surface area contributed by atoms with Crippen molar-refractivity contribution in [1.82, 2.24) is 5.32 Å². The van der Waals surface area contributed by atoms with Crippen LogP contribution in [0.3, 0.4) is 0 Å². The lowest BCUT2D eigenvalue weighted by atomic mass is 10.3. The number of furan rings is 1. The fraction of sp³-hybridized carbons (Fsp3) is 0.308. The molecule has 1 N–H and O–H groups in total. The molecule has 0 radical (unpaired) electrons. The molecule has 96 valence electrons. The monoisotopic (exact) mass is 265 g/mol. The minimum absolute atomic E-state index is 0.0830. The van der Waals surface area contributed by atoms with E-state index in [0.29, 0.717) is 6.54 Å². The second-order valence-corrected chi connectivity index (χ2v) is 4.94. The second kappa shape index (κ2) is 6.37. The maximum Gasteiger partial charge on any atom is 0.245 e. The van der Waals surface area contributed by atoms with Gasteiger partial charge in [0.2, 0.25) is 5.91 Å². The zero-order valence-electron chi connectivity index (χ0n) is 10.1. The zero-order chi connectivity index (χ0) is 12.8. The number of carbonyl (C=O) groups excluding carboxylic acids is 1. The van der Waals surface area contributed by atoms with Gasteiger partial charge in [-0.05, 0) is 30.7 Å². The number of hydrogen-bond donors (Lipinski definition) is 1. The van der Waals surface area contributed by atoms with Crippen LogP contribution < -0.4 is 5.32 Å². The van der Waals surface area contributed by atoms with E-state index in [2.05, 4.69) is 11.4 Å². The number of methoxy groups -OCH3 is 1. The molecule has 2 aromatic heterocycles. The van der Waals surface area contributed by atoms with Crippen LogP contribution >= 0.6 is 11.3 Å². The van der Waals surface area contributed by atoms with Crippen molar-refractivity contribution < 1.29 is 13.9 Å². The van der Waals surface area contributed by atoms with Crippen molar-refractivity contribution in [3.63, 3.8) is 0 Å². The highest BCUT2D eigenvalue weighted by atomic mass is 32.1. The van der Waals surface area contributed by atoms with Gasteiger partial charge in [0.15, 0.2) is 0 Å². The van der Waals surface area contributed by atoms with E-state index in [9.17, 15) is 4.79 Å². The minimum atomic E-state index is -0.0830. The highest BCUT2D eigenvalue weighted by Crippen LogP contribution is 2.28. The molecule has 0 aliphatic carbocycles. The summed E-state index contributed by atoms with van der Waals surface area (Å²) in [6, 6.07) is 7.91. The average Bonchev–Trinajstić information content (AvgIpc) is 2.99. The Morgan fingerprint density at radius 2 is 2.33 bits per heavy atom. The highest BCUT2D eigenvalue weighted by molar-refractivity contribution is 7.15. The van der Waals surface area contributed by atoms with E-state index in [1.165, 1.54) is 12.0 Å². The van der Waals surface area contributed by atoms with Crippen LogP contribution in [-0.2, 0) is 16.0 Å². The molecule has 0 aliphatic rings. The first-order chi connectivity index (χ1) is 8.79. The molecule has 4 nitrogen and oxygen atoms in total. The Morgan fingerprint density at radius 3 is 3.06 bits per heavy atom. The second-order valence-electron chi connectivity index (χ2n) is 3.78. The van der Waals surface area contributed by atoms with Crippen LogP contribution in [0.15, 0.2) is 34.9 Å². The van der Waals surface area contributed by atoms with Crippen LogP contribution in [0.1, 0.15) is 4.88 Å². The van der Waals surface area contributed by atoms with E-state index >= 15 is 0 Å². The van der Waals surface area contributed by atoms with E-state index in [1.807, 2.05) is 18.2 Å². The van der Waals surface area contributed by atoms with Gasteiger partial charge < -0.3 is 14.5 Å². The summed E-state index contributed by atoms with van der Waals surface area (Å²) < 4.78 is 10.1. The number of rotatable bonds is 6. The minimum Gasteiger partial charge on any atom is -0.464 e. The molecule has 2 aromatic rings. The van der Waals surface area contributed by atoms with E-state index in [1.54, 1.807) is 17.6 Å². The third-order valence-electron chi connectivity index (χ3n) is 2.39. The first-order valence-electron chi connectivity index (χ1n) is 5.68. The molecule has 2 heterocycles. The molecule has 0 saturated carbocycles. The number of nitrogens with one attached hydrogen (secondary N) is 1. The number of ether oxygens (including phenoxy) is 1. The van der Waals surface area contributed by atoms with Crippen molar-refractivity contribution in [3.8, 4) is 10.6 Å². The maximum absolute atomic E-state index is 11.2. The number of carbonyl (C=O) groups is 1. The summed E-state index contributed by atoms with van der Waals surface area (Å²) in [5.74, 6) is 0.801. The van der Waals surface area contributed by atoms with Crippen LogP contribution in [0, 0.1) is 0 Å². The van der Waals surface area contributed by atoms with Crippen molar-refractivity contribution in [2.75, 3.05) is 20.3 Å². The van der Waals surface area contributed by atoms with Crippen LogP contribution in [0.5, 0.6) is 0 Å².